The van der Waals surface area contributed by atoms with E-state index in [1.807, 2.05) is 24.3 Å². The van der Waals surface area contributed by atoms with Crippen LogP contribution < -0.4 is 10.5 Å². The van der Waals surface area contributed by atoms with Gasteiger partial charge in [-0.3, -0.25) is 4.98 Å². The van der Waals surface area contributed by atoms with Crippen LogP contribution in [0.3, 0.4) is 0 Å². The van der Waals surface area contributed by atoms with Crippen molar-refractivity contribution in [3.63, 3.8) is 0 Å². The zero-order valence-electron chi connectivity index (χ0n) is 11.1. The zero-order valence-corrected chi connectivity index (χ0v) is 11.1. The molecule has 1 heterocycles. The Kier molecular flexibility index (Phi) is 4.62. The fourth-order valence-corrected chi connectivity index (χ4v) is 1.61. The summed E-state index contributed by atoms with van der Waals surface area (Å²) in [5, 5.41) is 0. The Labute approximate surface area is 116 Å². The third-order valence-corrected chi connectivity index (χ3v) is 2.59. The van der Waals surface area contributed by atoms with Crippen molar-refractivity contribution in [2.75, 3.05) is 13.7 Å². The van der Waals surface area contributed by atoms with E-state index in [0.29, 0.717) is 12.3 Å². The topological polar surface area (TPSA) is 87.3 Å². The van der Waals surface area contributed by atoms with Crippen molar-refractivity contribution in [3.8, 4) is 11.6 Å². The molecule has 6 heteroatoms. The highest BCUT2D eigenvalue weighted by Gasteiger charge is 2.09. The molecular formula is C14H15N3O3. The first-order chi connectivity index (χ1) is 9.72. The van der Waals surface area contributed by atoms with Gasteiger partial charge in [0.15, 0.2) is 5.69 Å². The maximum atomic E-state index is 11.3. The summed E-state index contributed by atoms with van der Waals surface area (Å²) in [7, 11) is 1.29. The molecule has 0 saturated carbocycles. The molecule has 1 aromatic carbocycles. The van der Waals surface area contributed by atoms with Crippen molar-refractivity contribution in [1.82, 2.24) is 9.97 Å². The highest BCUT2D eigenvalue weighted by Crippen LogP contribution is 2.19. The summed E-state index contributed by atoms with van der Waals surface area (Å²) in [4.78, 5) is 19.3. The maximum Gasteiger partial charge on any atom is 0.358 e. The summed E-state index contributed by atoms with van der Waals surface area (Å²) in [6.07, 6.45) is 3.57. The molecule has 2 aromatic rings. The summed E-state index contributed by atoms with van der Waals surface area (Å²) in [6.45, 7) is 0.604. The standard InChI is InChI=1S/C14H15N3O3/c1-19-14(18)12-8-16-9-13(17-12)20-11-4-2-10(3-5-11)6-7-15/h2-5,8-9H,6-7,15H2,1H3. The molecule has 2 rings (SSSR count). The van der Waals surface area contributed by atoms with Gasteiger partial charge < -0.3 is 15.2 Å². The van der Waals surface area contributed by atoms with Crippen LogP contribution in [0.15, 0.2) is 36.7 Å². The molecule has 6 nitrogen and oxygen atoms in total. The van der Waals surface area contributed by atoms with Crippen molar-refractivity contribution >= 4 is 5.97 Å². The lowest BCUT2D eigenvalue weighted by Crippen LogP contribution is -2.05. The molecule has 0 saturated heterocycles. The molecule has 2 N–H and O–H groups in total. The van der Waals surface area contributed by atoms with Gasteiger partial charge in [0.25, 0.3) is 0 Å². The predicted molar refractivity (Wildman–Crippen MR) is 72.6 cm³/mol. The van der Waals surface area contributed by atoms with E-state index in [4.69, 9.17) is 10.5 Å². The number of benzene rings is 1. The minimum absolute atomic E-state index is 0.102. The van der Waals surface area contributed by atoms with E-state index >= 15 is 0 Å². The first-order valence-electron chi connectivity index (χ1n) is 6.10. The van der Waals surface area contributed by atoms with Crippen LogP contribution >= 0.6 is 0 Å². The van der Waals surface area contributed by atoms with Crippen LogP contribution in [-0.2, 0) is 11.2 Å². The fourth-order valence-electron chi connectivity index (χ4n) is 1.61. The van der Waals surface area contributed by atoms with Gasteiger partial charge in [-0.25, -0.2) is 9.78 Å². The Morgan fingerprint density at radius 3 is 2.65 bits per heavy atom. The normalized spacial score (nSPS) is 10.1. The monoisotopic (exact) mass is 273 g/mol. The SMILES string of the molecule is COC(=O)c1cncc(Oc2ccc(CCN)cc2)n1. The highest BCUT2D eigenvalue weighted by molar-refractivity contribution is 5.86. The lowest BCUT2D eigenvalue weighted by molar-refractivity contribution is 0.0592. The van der Waals surface area contributed by atoms with Crippen molar-refractivity contribution in [2.24, 2.45) is 5.73 Å². The maximum absolute atomic E-state index is 11.3. The molecule has 0 aliphatic rings. The van der Waals surface area contributed by atoms with Crippen LogP contribution in [0.5, 0.6) is 11.6 Å². The van der Waals surface area contributed by atoms with Gasteiger partial charge in [-0.2, -0.15) is 0 Å². The molecule has 0 fully saturated rings. The van der Waals surface area contributed by atoms with Crippen molar-refractivity contribution < 1.29 is 14.3 Å². The predicted octanol–water partition coefficient (Wildman–Crippen LogP) is 1.56. The summed E-state index contributed by atoms with van der Waals surface area (Å²) >= 11 is 0. The number of aromatic nitrogens is 2. The molecule has 0 aliphatic heterocycles. The van der Waals surface area contributed by atoms with Gasteiger partial charge in [-0.15, -0.1) is 0 Å². The second-order valence-corrected chi connectivity index (χ2v) is 4.02. The average Bonchev–Trinajstić information content (AvgIpc) is 2.49. The van der Waals surface area contributed by atoms with E-state index in [0.717, 1.165) is 12.0 Å². The molecule has 20 heavy (non-hydrogen) atoms. The first-order valence-corrected chi connectivity index (χ1v) is 6.10. The van der Waals surface area contributed by atoms with Gasteiger partial charge in [-0.1, -0.05) is 12.1 Å². The molecular weight excluding hydrogens is 258 g/mol. The van der Waals surface area contributed by atoms with Crippen LogP contribution in [-0.4, -0.2) is 29.6 Å². The number of esters is 1. The van der Waals surface area contributed by atoms with Crippen LogP contribution in [0.2, 0.25) is 0 Å². The van der Waals surface area contributed by atoms with Crippen molar-refractivity contribution in [1.29, 1.82) is 0 Å². The zero-order chi connectivity index (χ0) is 14.4. The number of hydrogen-bond donors (Lipinski definition) is 1. The van der Waals surface area contributed by atoms with Gasteiger partial charge in [0, 0.05) is 0 Å². The second kappa shape index (κ2) is 6.63. The minimum Gasteiger partial charge on any atom is -0.464 e. The lowest BCUT2D eigenvalue weighted by Gasteiger charge is -2.06. The Hall–Kier alpha value is -2.47. The number of nitrogens with zero attached hydrogens (tertiary/aromatic N) is 2. The summed E-state index contributed by atoms with van der Waals surface area (Å²) in [5.74, 6) is 0.294. The van der Waals surface area contributed by atoms with E-state index in [1.165, 1.54) is 19.5 Å². The smallest absolute Gasteiger partial charge is 0.358 e. The Morgan fingerprint density at radius 2 is 2.00 bits per heavy atom. The van der Waals surface area contributed by atoms with Gasteiger partial charge in [0.05, 0.1) is 19.5 Å². The Morgan fingerprint density at radius 1 is 1.25 bits per heavy atom. The molecule has 0 bridgehead atoms. The summed E-state index contributed by atoms with van der Waals surface area (Å²) in [5.41, 5.74) is 6.72. The van der Waals surface area contributed by atoms with E-state index in [2.05, 4.69) is 14.7 Å². The molecule has 0 atom stereocenters. The Bertz CT molecular complexity index is 584. The van der Waals surface area contributed by atoms with Gasteiger partial charge in [0.1, 0.15) is 5.75 Å². The number of ether oxygens (including phenoxy) is 2. The number of carbonyl (C=O) groups excluding carboxylic acids is 1. The van der Waals surface area contributed by atoms with Crippen LogP contribution in [0.1, 0.15) is 16.1 Å². The molecule has 0 aliphatic carbocycles. The number of rotatable bonds is 5. The van der Waals surface area contributed by atoms with Crippen molar-refractivity contribution in [3.05, 3.63) is 47.9 Å². The largest absolute Gasteiger partial charge is 0.464 e. The third kappa shape index (κ3) is 3.52. The first kappa shape index (κ1) is 14.0. The Balaban J connectivity index is 2.11. The summed E-state index contributed by atoms with van der Waals surface area (Å²) in [6, 6.07) is 7.49. The lowest BCUT2D eigenvalue weighted by atomic mass is 10.1. The number of methoxy groups -OCH3 is 1. The van der Waals surface area contributed by atoms with Gasteiger partial charge >= 0.3 is 5.97 Å². The molecule has 1 aromatic heterocycles. The number of hydrogen-bond acceptors (Lipinski definition) is 6. The van der Waals surface area contributed by atoms with Crippen LogP contribution in [0.25, 0.3) is 0 Å². The molecule has 0 spiro atoms. The second-order valence-electron chi connectivity index (χ2n) is 4.02. The quantitative estimate of drug-likeness (QED) is 0.832. The molecule has 0 amide bonds. The highest BCUT2D eigenvalue weighted by atomic mass is 16.5. The minimum atomic E-state index is -0.554. The van der Waals surface area contributed by atoms with E-state index in [9.17, 15) is 4.79 Å². The third-order valence-electron chi connectivity index (χ3n) is 2.59. The number of nitrogens with two attached hydrogens (primary N) is 1. The summed E-state index contributed by atoms with van der Waals surface area (Å²) < 4.78 is 10.1. The van der Waals surface area contributed by atoms with Crippen LogP contribution in [0.4, 0.5) is 0 Å². The van der Waals surface area contributed by atoms with E-state index < -0.39 is 5.97 Å². The van der Waals surface area contributed by atoms with E-state index in [-0.39, 0.29) is 11.6 Å². The van der Waals surface area contributed by atoms with Crippen LogP contribution in [0, 0.1) is 0 Å². The van der Waals surface area contributed by atoms with Crippen molar-refractivity contribution in [2.45, 2.75) is 6.42 Å². The van der Waals surface area contributed by atoms with Gasteiger partial charge in [0.2, 0.25) is 5.88 Å². The van der Waals surface area contributed by atoms with Gasteiger partial charge in [-0.05, 0) is 30.7 Å². The van der Waals surface area contributed by atoms with E-state index in [1.54, 1.807) is 0 Å². The molecule has 0 unspecified atom stereocenters. The molecule has 0 radical (unpaired) electrons. The average molecular weight is 273 g/mol. The molecule has 104 valence electrons. The fraction of sp³-hybridized carbons (Fsp3) is 0.214. The number of carbonyl (C=O) groups is 1.